The summed E-state index contributed by atoms with van der Waals surface area (Å²) in [5.74, 6) is -4.09. The third-order valence-electron chi connectivity index (χ3n) is 4.14. The fourth-order valence-electron chi connectivity index (χ4n) is 3.02. The Morgan fingerprint density at radius 1 is 1.35 bits per heavy atom. The van der Waals surface area contributed by atoms with E-state index in [1.165, 1.54) is 7.11 Å². The lowest BCUT2D eigenvalue weighted by molar-refractivity contribution is -0.122. The van der Waals surface area contributed by atoms with Crippen LogP contribution in [0.3, 0.4) is 0 Å². The van der Waals surface area contributed by atoms with Gasteiger partial charge in [-0.05, 0) is 30.7 Å². The van der Waals surface area contributed by atoms with Gasteiger partial charge in [-0.15, -0.1) is 0 Å². The van der Waals surface area contributed by atoms with E-state index in [0.717, 1.165) is 12.1 Å². The molecule has 1 fully saturated rings. The number of methoxy groups -OCH3 is 1. The molecular weight excluding hydrogens is 309 g/mol. The van der Waals surface area contributed by atoms with Crippen LogP contribution in [0.25, 0.3) is 0 Å². The van der Waals surface area contributed by atoms with Crippen molar-refractivity contribution in [2.24, 2.45) is 0 Å². The highest BCUT2D eigenvalue weighted by atomic mass is 19.2. The average Bonchev–Trinajstić information content (AvgIpc) is 2.92. The first kappa shape index (κ1) is 17.7. The molecule has 23 heavy (non-hydrogen) atoms. The van der Waals surface area contributed by atoms with Gasteiger partial charge in [-0.3, -0.25) is 9.69 Å². The lowest BCUT2D eigenvalue weighted by atomic mass is 9.99. The van der Waals surface area contributed by atoms with Crippen LogP contribution in [-0.4, -0.2) is 43.7 Å². The lowest BCUT2D eigenvalue weighted by Gasteiger charge is -2.28. The molecule has 2 rings (SSSR count). The van der Waals surface area contributed by atoms with Gasteiger partial charge >= 0.3 is 0 Å². The van der Waals surface area contributed by atoms with Crippen molar-refractivity contribution in [2.45, 2.75) is 31.8 Å². The molecule has 0 radical (unpaired) electrons. The third kappa shape index (κ3) is 4.03. The minimum Gasteiger partial charge on any atom is -0.384 e. The maximum absolute atomic E-state index is 13.5. The standard InChI is InChI=1S/C16H21F3N2O2/c1-3-21-6-4-13(20-14(22)5-7-23-2)16(21)10-8-11(17)15(19)12(18)9-10/h8-9,13,16H,3-7H2,1-2H3,(H,20,22)/t13-,16+/m0/s1. The Balaban J connectivity index is 2.22. The fraction of sp³-hybridized carbons (Fsp3) is 0.562. The number of carbonyl (C=O) groups is 1. The van der Waals surface area contributed by atoms with E-state index >= 15 is 0 Å². The van der Waals surface area contributed by atoms with Crippen LogP contribution < -0.4 is 5.32 Å². The zero-order valence-electron chi connectivity index (χ0n) is 13.2. The van der Waals surface area contributed by atoms with Crippen molar-refractivity contribution in [2.75, 3.05) is 26.8 Å². The number of rotatable bonds is 6. The van der Waals surface area contributed by atoms with Gasteiger partial charge in [0.05, 0.1) is 12.6 Å². The molecule has 1 aromatic rings. The second kappa shape index (κ2) is 7.79. The van der Waals surface area contributed by atoms with E-state index in [9.17, 15) is 18.0 Å². The van der Waals surface area contributed by atoms with E-state index in [2.05, 4.69) is 5.32 Å². The summed E-state index contributed by atoms with van der Waals surface area (Å²) in [4.78, 5) is 13.9. The molecule has 0 spiro atoms. The molecule has 0 aliphatic carbocycles. The first-order valence-corrected chi connectivity index (χ1v) is 7.64. The highest BCUT2D eigenvalue weighted by Crippen LogP contribution is 2.33. The minimum absolute atomic E-state index is 0.178. The molecule has 0 unspecified atom stereocenters. The highest BCUT2D eigenvalue weighted by Gasteiger charge is 2.36. The normalized spacial score (nSPS) is 21.6. The second-order valence-corrected chi connectivity index (χ2v) is 5.58. The van der Waals surface area contributed by atoms with Crippen molar-refractivity contribution in [1.82, 2.24) is 10.2 Å². The van der Waals surface area contributed by atoms with Gasteiger partial charge < -0.3 is 10.1 Å². The molecule has 1 heterocycles. The van der Waals surface area contributed by atoms with E-state index in [1.807, 2.05) is 11.8 Å². The molecule has 0 bridgehead atoms. The van der Waals surface area contributed by atoms with Crippen molar-refractivity contribution < 1.29 is 22.7 Å². The number of ether oxygens (including phenoxy) is 1. The molecule has 0 saturated carbocycles. The van der Waals surface area contributed by atoms with Gasteiger partial charge in [0.15, 0.2) is 17.5 Å². The number of hydrogen-bond acceptors (Lipinski definition) is 3. The molecule has 0 aromatic heterocycles. The number of likely N-dealkylation sites (tertiary alicyclic amines) is 1. The van der Waals surface area contributed by atoms with Gasteiger partial charge in [-0.25, -0.2) is 13.2 Å². The summed E-state index contributed by atoms with van der Waals surface area (Å²) in [7, 11) is 1.51. The molecule has 7 heteroatoms. The van der Waals surface area contributed by atoms with E-state index in [-0.39, 0.29) is 24.4 Å². The molecule has 1 saturated heterocycles. The summed E-state index contributed by atoms with van der Waals surface area (Å²) >= 11 is 0. The lowest BCUT2D eigenvalue weighted by Crippen LogP contribution is -2.40. The fourth-order valence-corrected chi connectivity index (χ4v) is 3.02. The summed E-state index contributed by atoms with van der Waals surface area (Å²) < 4.78 is 45.1. The van der Waals surface area contributed by atoms with Crippen molar-refractivity contribution in [3.05, 3.63) is 35.1 Å². The van der Waals surface area contributed by atoms with Crippen LogP contribution in [0.15, 0.2) is 12.1 Å². The topological polar surface area (TPSA) is 41.6 Å². The Morgan fingerprint density at radius 3 is 2.57 bits per heavy atom. The minimum atomic E-state index is -1.48. The Labute approximate surface area is 133 Å². The van der Waals surface area contributed by atoms with Gasteiger partial charge in [0.2, 0.25) is 5.91 Å². The molecule has 128 valence electrons. The van der Waals surface area contributed by atoms with Crippen LogP contribution in [0.4, 0.5) is 13.2 Å². The van der Waals surface area contributed by atoms with Crippen LogP contribution in [0, 0.1) is 17.5 Å². The molecule has 1 N–H and O–H groups in total. The number of nitrogens with one attached hydrogen (secondary N) is 1. The summed E-state index contributed by atoms with van der Waals surface area (Å²) in [5, 5.41) is 2.88. The van der Waals surface area contributed by atoms with Gasteiger partial charge in [-0.1, -0.05) is 6.92 Å². The number of amides is 1. The molecule has 1 aliphatic rings. The van der Waals surface area contributed by atoms with E-state index in [1.54, 1.807) is 0 Å². The number of likely N-dealkylation sites (N-methyl/N-ethyl adjacent to an activating group) is 1. The number of nitrogens with zero attached hydrogens (tertiary/aromatic N) is 1. The molecule has 4 nitrogen and oxygen atoms in total. The van der Waals surface area contributed by atoms with Gasteiger partial charge in [-0.2, -0.15) is 0 Å². The SMILES string of the molecule is CCN1CC[C@H](NC(=O)CCOC)[C@H]1c1cc(F)c(F)c(F)c1. The van der Waals surface area contributed by atoms with Crippen molar-refractivity contribution in [3.8, 4) is 0 Å². The summed E-state index contributed by atoms with van der Waals surface area (Å²) in [6.07, 6.45) is 0.885. The predicted octanol–water partition coefficient (Wildman–Crippen LogP) is 2.39. The van der Waals surface area contributed by atoms with Crippen molar-refractivity contribution >= 4 is 5.91 Å². The maximum atomic E-state index is 13.5. The number of halogens is 3. The van der Waals surface area contributed by atoms with Crippen LogP contribution >= 0.6 is 0 Å². The van der Waals surface area contributed by atoms with Crippen LogP contribution in [0.5, 0.6) is 0 Å². The first-order valence-electron chi connectivity index (χ1n) is 7.64. The van der Waals surface area contributed by atoms with Gasteiger partial charge in [0.1, 0.15) is 0 Å². The van der Waals surface area contributed by atoms with Crippen LogP contribution in [0.1, 0.15) is 31.4 Å². The zero-order valence-corrected chi connectivity index (χ0v) is 13.2. The summed E-state index contributed by atoms with van der Waals surface area (Å²) in [6, 6.07) is 1.36. The summed E-state index contributed by atoms with van der Waals surface area (Å²) in [5.41, 5.74) is 0.331. The highest BCUT2D eigenvalue weighted by molar-refractivity contribution is 5.76. The number of benzene rings is 1. The second-order valence-electron chi connectivity index (χ2n) is 5.58. The molecular formula is C16H21F3N2O2. The van der Waals surface area contributed by atoms with Gasteiger partial charge in [0.25, 0.3) is 0 Å². The van der Waals surface area contributed by atoms with Crippen LogP contribution in [-0.2, 0) is 9.53 Å². The predicted molar refractivity (Wildman–Crippen MR) is 79.3 cm³/mol. The maximum Gasteiger partial charge on any atom is 0.222 e. The molecule has 1 aliphatic heterocycles. The summed E-state index contributed by atoms with van der Waals surface area (Å²) in [6.45, 7) is 3.59. The smallest absolute Gasteiger partial charge is 0.222 e. The Hall–Kier alpha value is -1.60. The molecule has 2 atom stereocenters. The zero-order chi connectivity index (χ0) is 17.0. The monoisotopic (exact) mass is 330 g/mol. The average molecular weight is 330 g/mol. The number of carbonyl (C=O) groups excluding carboxylic acids is 1. The van der Waals surface area contributed by atoms with Crippen LogP contribution in [0.2, 0.25) is 0 Å². The van der Waals surface area contributed by atoms with E-state index in [4.69, 9.17) is 4.74 Å². The third-order valence-corrected chi connectivity index (χ3v) is 4.14. The molecule has 1 aromatic carbocycles. The largest absolute Gasteiger partial charge is 0.384 e. The Bertz CT molecular complexity index is 545. The first-order chi connectivity index (χ1) is 11.0. The van der Waals surface area contributed by atoms with Crippen molar-refractivity contribution in [3.63, 3.8) is 0 Å². The Kier molecular flexibility index (Phi) is 6.01. The quantitative estimate of drug-likeness (QED) is 0.815. The van der Waals surface area contributed by atoms with E-state index in [0.29, 0.717) is 31.7 Å². The number of hydrogen-bond donors (Lipinski definition) is 1. The molecule has 1 amide bonds. The Morgan fingerprint density at radius 2 is 2.00 bits per heavy atom. The van der Waals surface area contributed by atoms with Gasteiger partial charge in [0, 0.05) is 26.1 Å². The van der Waals surface area contributed by atoms with E-state index < -0.39 is 17.5 Å². The van der Waals surface area contributed by atoms with Crippen molar-refractivity contribution in [1.29, 1.82) is 0 Å².